The van der Waals surface area contributed by atoms with Crippen molar-refractivity contribution in [3.05, 3.63) is 30.5 Å². The van der Waals surface area contributed by atoms with Crippen LogP contribution in [0.5, 0.6) is 0 Å². The molecule has 3 rings (SSSR count). The number of benzene rings is 1. The monoisotopic (exact) mass is 263 g/mol. The number of alkyl halides is 2. The van der Waals surface area contributed by atoms with Crippen LogP contribution in [0, 0.1) is 0 Å². The first-order valence-electron chi connectivity index (χ1n) is 6.32. The zero-order valence-electron chi connectivity index (χ0n) is 10.4. The molecule has 1 aromatic carbocycles. The lowest BCUT2D eigenvalue weighted by Gasteiger charge is -2.33. The van der Waals surface area contributed by atoms with E-state index in [0.29, 0.717) is 18.8 Å². The van der Waals surface area contributed by atoms with Gasteiger partial charge in [-0.1, -0.05) is 6.07 Å². The van der Waals surface area contributed by atoms with Gasteiger partial charge in [-0.05, 0) is 18.2 Å². The van der Waals surface area contributed by atoms with Crippen LogP contribution in [0.4, 0.5) is 20.2 Å². The van der Waals surface area contributed by atoms with Crippen molar-refractivity contribution < 1.29 is 8.78 Å². The Morgan fingerprint density at radius 1 is 1.21 bits per heavy atom. The standard InChI is InChI=1S/C14H15F2N3/c15-14(16)3-6-19(7-4-14)12-9-11(17)8-10-2-1-5-18-13(10)12/h1-2,5,8-9H,3-4,6-7,17H2. The van der Waals surface area contributed by atoms with E-state index in [1.165, 1.54) is 0 Å². The summed E-state index contributed by atoms with van der Waals surface area (Å²) in [5, 5.41) is 0.940. The molecule has 0 spiro atoms. The fraction of sp³-hybridized carbons (Fsp3) is 0.357. The number of nitrogen functional groups attached to an aromatic ring is 1. The summed E-state index contributed by atoms with van der Waals surface area (Å²) in [4.78, 5) is 6.30. The van der Waals surface area contributed by atoms with Gasteiger partial charge in [-0.25, -0.2) is 8.78 Å². The molecule has 1 aliphatic heterocycles. The molecule has 2 heterocycles. The van der Waals surface area contributed by atoms with Crippen LogP contribution < -0.4 is 10.6 Å². The average molecular weight is 263 g/mol. The predicted octanol–water partition coefficient (Wildman–Crippen LogP) is 3.05. The van der Waals surface area contributed by atoms with E-state index in [0.717, 1.165) is 16.6 Å². The lowest BCUT2D eigenvalue weighted by Crippen LogP contribution is -2.39. The minimum absolute atomic E-state index is 0.115. The van der Waals surface area contributed by atoms with Gasteiger partial charge in [0.15, 0.2) is 0 Å². The Labute approximate surface area is 110 Å². The van der Waals surface area contributed by atoms with Gasteiger partial charge in [0.1, 0.15) is 0 Å². The molecule has 19 heavy (non-hydrogen) atoms. The van der Waals surface area contributed by atoms with Crippen LogP contribution in [0.1, 0.15) is 12.8 Å². The molecule has 0 unspecified atom stereocenters. The second kappa shape index (κ2) is 4.33. The Morgan fingerprint density at radius 3 is 2.68 bits per heavy atom. The van der Waals surface area contributed by atoms with Gasteiger partial charge in [0.2, 0.25) is 0 Å². The van der Waals surface area contributed by atoms with Crippen molar-refractivity contribution in [2.45, 2.75) is 18.8 Å². The van der Waals surface area contributed by atoms with Crippen molar-refractivity contribution in [3.8, 4) is 0 Å². The van der Waals surface area contributed by atoms with Crippen LogP contribution in [0.2, 0.25) is 0 Å². The van der Waals surface area contributed by atoms with E-state index in [9.17, 15) is 8.78 Å². The molecule has 1 aliphatic rings. The van der Waals surface area contributed by atoms with Gasteiger partial charge < -0.3 is 10.6 Å². The average Bonchev–Trinajstić information content (AvgIpc) is 2.38. The number of pyridine rings is 1. The fourth-order valence-electron chi connectivity index (χ4n) is 2.51. The highest BCUT2D eigenvalue weighted by molar-refractivity contribution is 5.93. The summed E-state index contributed by atoms with van der Waals surface area (Å²) in [6.07, 6.45) is 1.48. The topological polar surface area (TPSA) is 42.1 Å². The van der Waals surface area contributed by atoms with Crippen molar-refractivity contribution in [3.63, 3.8) is 0 Å². The largest absolute Gasteiger partial charge is 0.399 e. The lowest BCUT2D eigenvalue weighted by molar-refractivity contribution is -0.0220. The minimum atomic E-state index is -2.54. The molecule has 0 bridgehead atoms. The Bertz CT molecular complexity index is 603. The molecular formula is C14H15F2N3. The number of halogens is 2. The third-order valence-corrected chi connectivity index (χ3v) is 3.54. The van der Waals surface area contributed by atoms with Gasteiger partial charge in [0.05, 0.1) is 11.2 Å². The molecule has 100 valence electrons. The maximum Gasteiger partial charge on any atom is 0.251 e. The minimum Gasteiger partial charge on any atom is -0.399 e. The van der Waals surface area contributed by atoms with Crippen molar-refractivity contribution in [2.24, 2.45) is 0 Å². The third kappa shape index (κ3) is 2.32. The highest BCUT2D eigenvalue weighted by Gasteiger charge is 2.34. The van der Waals surface area contributed by atoms with Crippen molar-refractivity contribution in [2.75, 3.05) is 23.7 Å². The van der Waals surface area contributed by atoms with Crippen molar-refractivity contribution in [1.82, 2.24) is 4.98 Å². The number of fused-ring (bicyclic) bond motifs is 1. The Morgan fingerprint density at radius 2 is 1.95 bits per heavy atom. The van der Waals surface area contributed by atoms with Crippen molar-refractivity contribution in [1.29, 1.82) is 0 Å². The molecule has 3 nitrogen and oxygen atoms in total. The SMILES string of the molecule is Nc1cc(N2CCC(F)(F)CC2)c2ncccc2c1. The number of nitrogens with zero attached hydrogens (tertiary/aromatic N) is 2. The fourth-order valence-corrected chi connectivity index (χ4v) is 2.51. The van der Waals surface area contributed by atoms with Gasteiger partial charge in [0, 0.05) is 43.2 Å². The first kappa shape index (κ1) is 12.1. The Kier molecular flexibility index (Phi) is 2.77. The number of piperidine rings is 1. The summed E-state index contributed by atoms with van der Waals surface area (Å²) in [5.41, 5.74) is 8.19. The lowest BCUT2D eigenvalue weighted by atomic mass is 10.0. The van der Waals surface area contributed by atoms with Gasteiger partial charge in [0.25, 0.3) is 5.92 Å². The maximum atomic E-state index is 13.2. The smallest absolute Gasteiger partial charge is 0.251 e. The number of nitrogens with two attached hydrogens (primary N) is 1. The summed E-state index contributed by atoms with van der Waals surface area (Å²) < 4.78 is 26.4. The summed E-state index contributed by atoms with van der Waals surface area (Å²) >= 11 is 0. The molecule has 0 aliphatic carbocycles. The molecule has 5 heteroatoms. The second-order valence-electron chi connectivity index (χ2n) is 4.96. The number of aromatic nitrogens is 1. The second-order valence-corrected chi connectivity index (χ2v) is 4.96. The van der Waals surface area contributed by atoms with E-state index >= 15 is 0 Å². The van der Waals surface area contributed by atoms with Gasteiger partial charge in [-0.2, -0.15) is 0 Å². The maximum absolute atomic E-state index is 13.2. The van der Waals surface area contributed by atoms with E-state index in [-0.39, 0.29) is 12.8 Å². The zero-order chi connectivity index (χ0) is 13.5. The molecule has 1 saturated heterocycles. The summed E-state index contributed by atoms with van der Waals surface area (Å²) in [6, 6.07) is 7.44. The highest BCUT2D eigenvalue weighted by atomic mass is 19.3. The highest BCUT2D eigenvalue weighted by Crippen LogP contribution is 2.34. The summed E-state index contributed by atoms with van der Waals surface area (Å²) in [6.45, 7) is 0.671. The van der Waals surface area contributed by atoms with Gasteiger partial charge >= 0.3 is 0 Å². The molecule has 0 amide bonds. The number of anilines is 2. The summed E-state index contributed by atoms with van der Waals surface area (Å²) in [5.74, 6) is -2.54. The molecule has 2 N–H and O–H groups in total. The van der Waals surface area contributed by atoms with Crippen LogP contribution in [0.15, 0.2) is 30.5 Å². The zero-order valence-corrected chi connectivity index (χ0v) is 10.4. The van der Waals surface area contributed by atoms with Crippen LogP contribution in [-0.4, -0.2) is 24.0 Å². The Hall–Kier alpha value is -1.91. The molecule has 0 atom stereocenters. The van der Waals surface area contributed by atoms with E-state index in [1.807, 2.05) is 29.2 Å². The molecule has 1 fully saturated rings. The quantitative estimate of drug-likeness (QED) is 0.804. The van der Waals surface area contributed by atoms with E-state index in [2.05, 4.69) is 4.98 Å². The van der Waals surface area contributed by atoms with Crippen LogP contribution in [0.25, 0.3) is 10.9 Å². The molecule has 0 radical (unpaired) electrons. The van der Waals surface area contributed by atoms with E-state index in [4.69, 9.17) is 5.73 Å². The number of hydrogen-bond acceptors (Lipinski definition) is 3. The van der Waals surface area contributed by atoms with Crippen LogP contribution >= 0.6 is 0 Å². The number of rotatable bonds is 1. The van der Waals surface area contributed by atoms with Gasteiger partial charge in [-0.3, -0.25) is 4.98 Å². The Balaban J connectivity index is 2.01. The first-order valence-corrected chi connectivity index (χ1v) is 6.32. The van der Waals surface area contributed by atoms with Crippen LogP contribution in [0.3, 0.4) is 0 Å². The molecule has 1 aromatic heterocycles. The predicted molar refractivity (Wildman–Crippen MR) is 72.5 cm³/mol. The first-order chi connectivity index (χ1) is 9.05. The third-order valence-electron chi connectivity index (χ3n) is 3.54. The number of hydrogen-bond donors (Lipinski definition) is 1. The summed E-state index contributed by atoms with van der Waals surface area (Å²) in [7, 11) is 0. The van der Waals surface area contributed by atoms with Crippen molar-refractivity contribution >= 4 is 22.3 Å². The van der Waals surface area contributed by atoms with Gasteiger partial charge in [-0.15, -0.1) is 0 Å². The van der Waals surface area contributed by atoms with E-state index in [1.54, 1.807) is 6.20 Å². The molecular weight excluding hydrogens is 248 g/mol. The molecule has 2 aromatic rings. The molecule has 0 saturated carbocycles. The van der Waals surface area contributed by atoms with E-state index < -0.39 is 5.92 Å². The normalized spacial score (nSPS) is 18.7. The van der Waals surface area contributed by atoms with Crippen LogP contribution in [-0.2, 0) is 0 Å².